The summed E-state index contributed by atoms with van der Waals surface area (Å²) in [5.41, 5.74) is -1.87. The number of carbonyl (C=O) groups excluding carboxylic acids is 2. The molecule has 0 aromatic heterocycles. The molecule has 2 aliphatic rings. The van der Waals surface area contributed by atoms with Gasteiger partial charge in [0.1, 0.15) is 23.9 Å². The highest BCUT2D eigenvalue weighted by atomic mass is 19.2. The number of methoxy groups -OCH3 is 1. The van der Waals surface area contributed by atoms with E-state index in [0.29, 0.717) is 11.1 Å². The summed E-state index contributed by atoms with van der Waals surface area (Å²) in [5.74, 6) is -3.51. The van der Waals surface area contributed by atoms with Crippen molar-refractivity contribution in [1.82, 2.24) is 5.32 Å². The first-order chi connectivity index (χ1) is 23.4. The minimum absolute atomic E-state index is 0.0254. The third-order valence-corrected chi connectivity index (χ3v) is 9.70. The zero-order chi connectivity index (χ0) is 37.4. The van der Waals surface area contributed by atoms with E-state index in [1.165, 1.54) is 19.9 Å². The number of hydrogen-bond acceptors (Lipinski definition) is 10. The number of halogens is 2. The lowest BCUT2D eigenvalue weighted by molar-refractivity contribution is -0.157. The van der Waals surface area contributed by atoms with Crippen molar-refractivity contribution in [2.75, 3.05) is 7.11 Å². The van der Waals surface area contributed by atoms with E-state index in [1.807, 2.05) is 13.8 Å². The van der Waals surface area contributed by atoms with Crippen molar-refractivity contribution in [3.63, 3.8) is 0 Å². The highest BCUT2D eigenvalue weighted by Crippen LogP contribution is 2.39. The Labute approximate surface area is 294 Å². The van der Waals surface area contributed by atoms with Gasteiger partial charge in [-0.2, -0.15) is 0 Å². The van der Waals surface area contributed by atoms with E-state index >= 15 is 0 Å². The molecular formula is C38H55F2NO9. The topological polar surface area (TPSA) is 147 Å². The predicted octanol–water partition coefficient (Wildman–Crippen LogP) is 4.84. The van der Waals surface area contributed by atoms with Crippen LogP contribution in [0, 0.1) is 23.5 Å². The molecule has 2 heterocycles. The monoisotopic (exact) mass is 707 g/mol. The standard InChI is InChI=1S/C38H55F2NO9/c1-9-30(47-8)24(4)34-35(50-34)36(41-21-26-13-14-28(39)29(40)19-26)38(7,46)17-10-11-22(2)33-23(3)12-15-31(48-25(5)42)37(6,45)18-16-27(43)20-32(44)49-33/h10-15,17,19,23-24,27,30-31,33-36,41,43,45-46H,9,16,18,20-21H2,1-8H3/b15-12+,17-10+,22-11+/t23-,24+,27+,30-,31-,33?,34+,35-,36?,37+,38?/m0/s1. The molecular weight excluding hydrogens is 652 g/mol. The Hall–Kier alpha value is -3.00. The van der Waals surface area contributed by atoms with E-state index in [1.54, 1.807) is 58.3 Å². The van der Waals surface area contributed by atoms with Gasteiger partial charge >= 0.3 is 11.9 Å². The van der Waals surface area contributed by atoms with Crippen LogP contribution in [0.5, 0.6) is 0 Å². The minimum atomic E-state index is -1.50. The van der Waals surface area contributed by atoms with Crippen molar-refractivity contribution >= 4 is 11.9 Å². The Morgan fingerprint density at radius 3 is 2.54 bits per heavy atom. The quantitative estimate of drug-likeness (QED) is 0.0973. The molecule has 0 aliphatic carbocycles. The summed E-state index contributed by atoms with van der Waals surface area (Å²) in [5, 5.41) is 36.7. The largest absolute Gasteiger partial charge is 0.457 e. The number of allylic oxidation sites excluding steroid dienone is 2. The molecule has 1 saturated heterocycles. The highest BCUT2D eigenvalue weighted by Gasteiger charge is 2.54. The molecule has 50 heavy (non-hydrogen) atoms. The number of ether oxygens (including phenoxy) is 4. The van der Waals surface area contributed by atoms with Crippen LogP contribution >= 0.6 is 0 Å². The normalized spacial score (nSPS) is 31.8. The van der Waals surface area contributed by atoms with Crippen LogP contribution < -0.4 is 5.32 Å². The second-order valence-electron chi connectivity index (χ2n) is 14.1. The van der Waals surface area contributed by atoms with Crippen LogP contribution in [-0.2, 0) is 35.1 Å². The van der Waals surface area contributed by atoms with Crippen molar-refractivity contribution in [3.05, 3.63) is 71.4 Å². The molecule has 0 bridgehead atoms. The number of hydrogen-bond donors (Lipinski definition) is 4. The fourth-order valence-electron chi connectivity index (χ4n) is 6.55. The molecule has 0 radical (unpaired) electrons. The van der Waals surface area contributed by atoms with E-state index < -0.39 is 71.2 Å². The summed E-state index contributed by atoms with van der Waals surface area (Å²) in [6, 6.07) is 2.98. The van der Waals surface area contributed by atoms with Gasteiger partial charge in [-0.1, -0.05) is 51.1 Å². The number of epoxide rings is 1. The zero-order valence-corrected chi connectivity index (χ0v) is 30.4. The lowest BCUT2D eigenvalue weighted by Crippen LogP contribution is -2.52. The fourth-order valence-corrected chi connectivity index (χ4v) is 6.55. The van der Waals surface area contributed by atoms with Gasteiger partial charge in [0.15, 0.2) is 11.6 Å². The Bertz CT molecular complexity index is 1390. The molecule has 10 nitrogen and oxygen atoms in total. The van der Waals surface area contributed by atoms with Crippen molar-refractivity contribution in [2.24, 2.45) is 11.8 Å². The van der Waals surface area contributed by atoms with Gasteiger partial charge in [0.2, 0.25) is 0 Å². The van der Waals surface area contributed by atoms with Crippen molar-refractivity contribution in [2.45, 2.75) is 135 Å². The van der Waals surface area contributed by atoms with Gasteiger partial charge < -0.3 is 39.6 Å². The highest BCUT2D eigenvalue weighted by molar-refractivity contribution is 5.70. The van der Waals surface area contributed by atoms with E-state index in [4.69, 9.17) is 18.9 Å². The average molecular weight is 708 g/mol. The summed E-state index contributed by atoms with van der Waals surface area (Å²) in [7, 11) is 1.65. The van der Waals surface area contributed by atoms with Gasteiger partial charge in [0.05, 0.1) is 36.4 Å². The third kappa shape index (κ3) is 11.5. The first-order valence-electron chi connectivity index (χ1n) is 17.3. The molecule has 3 rings (SSSR count). The molecule has 2 aliphatic heterocycles. The summed E-state index contributed by atoms with van der Waals surface area (Å²) < 4.78 is 50.4. The summed E-state index contributed by atoms with van der Waals surface area (Å²) in [6.07, 6.45) is 5.35. The van der Waals surface area contributed by atoms with E-state index in [0.717, 1.165) is 18.6 Å². The molecule has 0 spiro atoms. The van der Waals surface area contributed by atoms with Crippen LogP contribution in [0.15, 0.2) is 54.2 Å². The van der Waals surface area contributed by atoms with Crippen LogP contribution in [0.4, 0.5) is 8.78 Å². The molecule has 4 N–H and O–H groups in total. The van der Waals surface area contributed by atoms with E-state index in [-0.39, 0.29) is 43.9 Å². The summed E-state index contributed by atoms with van der Waals surface area (Å²) in [4.78, 5) is 24.7. The minimum Gasteiger partial charge on any atom is -0.457 e. The second-order valence-corrected chi connectivity index (χ2v) is 14.1. The third-order valence-electron chi connectivity index (χ3n) is 9.70. The van der Waals surface area contributed by atoms with Crippen molar-refractivity contribution < 1.29 is 52.6 Å². The van der Waals surface area contributed by atoms with E-state index in [9.17, 15) is 33.7 Å². The van der Waals surface area contributed by atoms with Gasteiger partial charge in [0, 0.05) is 32.4 Å². The van der Waals surface area contributed by atoms with Gasteiger partial charge in [-0.15, -0.1) is 0 Å². The molecule has 3 unspecified atom stereocenters. The fraction of sp³-hybridized carbons (Fsp3) is 0.632. The number of benzene rings is 1. The first kappa shape index (κ1) is 41.4. The maximum atomic E-state index is 14.0. The van der Waals surface area contributed by atoms with Crippen molar-refractivity contribution in [3.8, 4) is 0 Å². The second kappa shape index (κ2) is 18.0. The van der Waals surface area contributed by atoms with Crippen LogP contribution in [0.3, 0.4) is 0 Å². The Balaban J connectivity index is 1.88. The molecule has 1 aromatic rings. The van der Waals surface area contributed by atoms with Crippen LogP contribution in [-0.4, -0.2) is 88.2 Å². The molecule has 11 atom stereocenters. The maximum absolute atomic E-state index is 14.0. The first-order valence-corrected chi connectivity index (χ1v) is 17.3. The van der Waals surface area contributed by atoms with Gasteiger partial charge in [0.25, 0.3) is 0 Å². The summed E-state index contributed by atoms with van der Waals surface area (Å²) >= 11 is 0. The zero-order valence-electron chi connectivity index (χ0n) is 30.4. The SMILES string of the molecule is CC[C@H](OC)[C@@H](C)[C@H]1O[C@@H]1C(NCc1ccc(F)c(F)c1)C(C)(O)/C=C/C=C(\C)C1OC(=O)C[C@H](O)CC[C@@](C)(O)[C@@H](OC(C)=O)/C=C/[C@@H]1C. The number of carbonyl (C=O) groups is 2. The molecule has 12 heteroatoms. The molecule has 0 saturated carbocycles. The number of rotatable bonds is 13. The predicted molar refractivity (Wildman–Crippen MR) is 184 cm³/mol. The van der Waals surface area contributed by atoms with Crippen LogP contribution in [0.1, 0.15) is 79.7 Å². The Morgan fingerprint density at radius 1 is 1.22 bits per heavy atom. The lowest BCUT2D eigenvalue weighted by atomic mass is 9.87. The number of aliphatic hydroxyl groups excluding tert-OH is 1. The number of nitrogens with one attached hydrogen (secondary N) is 1. The molecule has 1 fully saturated rings. The van der Waals surface area contributed by atoms with Gasteiger partial charge in [-0.3, -0.25) is 9.59 Å². The molecule has 280 valence electrons. The number of cyclic esters (lactones) is 1. The number of aliphatic hydroxyl groups is 3. The molecule has 0 amide bonds. The van der Waals surface area contributed by atoms with E-state index in [2.05, 4.69) is 5.32 Å². The van der Waals surface area contributed by atoms with Crippen LogP contribution in [0.25, 0.3) is 0 Å². The molecule has 1 aromatic carbocycles. The van der Waals surface area contributed by atoms with Crippen LogP contribution in [0.2, 0.25) is 0 Å². The maximum Gasteiger partial charge on any atom is 0.309 e. The van der Waals surface area contributed by atoms with Gasteiger partial charge in [-0.25, -0.2) is 8.78 Å². The Morgan fingerprint density at radius 2 is 1.92 bits per heavy atom. The van der Waals surface area contributed by atoms with Crippen molar-refractivity contribution in [1.29, 1.82) is 0 Å². The Kier molecular flexibility index (Phi) is 14.9. The number of esters is 2. The summed E-state index contributed by atoms with van der Waals surface area (Å²) in [6.45, 7) is 12.1. The average Bonchev–Trinajstić information content (AvgIpc) is 3.82. The van der Waals surface area contributed by atoms with Gasteiger partial charge in [-0.05, 0) is 69.4 Å². The smallest absolute Gasteiger partial charge is 0.309 e. The lowest BCUT2D eigenvalue weighted by Gasteiger charge is -2.32.